The van der Waals surface area contributed by atoms with E-state index in [1.54, 1.807) is 0 Å². The third-order valence-corrected chi connectivity index (χ3v) is 7.14. The molecule has 0 aliphatic carbocycles. The summed E-state index contributed by atoms with van der Waals surface area (Å²) in [5, 5.41) is 0. The number of hydrogen-bond donors (Lipinski definition) is 1. The lowest BCUT2D eigenvalue weighted by atomic mass is 10.3. The topological polar surface area (TPSA) is 92.8 Å². The van der Waals surface area contributed by atoms with Crippen molar-refractivity contribution in [3.63, 3.8) is 0 Å². The van der Waals surface area contributed by atoms with Crippen LogP contribution in [0.1, 0.15) is 6.42 Å². The average molecular weight is 436 g/mol. The summed E-state index contributed by atoms with van der Waals surface area (Å²) in [7, 11) is -7.39. The molecule has 28 heavy (non-hydrogen) atoms. The van der Waals surface area contributed by atoms with Crippen molar-refractivity contribution in [3.05, 3.63) is 48.5 Å². The maximum Gasteiger partial charge on any atom is 0.573 e. The normalized spacial score (nSPS) is 16.8. The lowest BCUT2D eigenvalue weighted by Gasteiger charge is -2.17. The highest BCUT2D eigenvalue weighted by Crippen LogP contribution is 2.27. The predicted octanol–water partition coefficient (Wildman–Crippen LogP) is 2.93. The van der Waals surface area contributed by atoms with E-state index < -0.39 is 32.2 Å². The Morgan fingerprint density at radius 2 is 1.61 bits per heavy atom. The molecule has 0 saturated carbocycles. The SMILES string of the molecule is O=S(=O)(Nc1ccc(N2CCCS2(=O)=O)cc1)c1ccc(OC(F)(F)F)cc1. The number of anilines is 2. The largest absolute Gasteiger partial charge is 0.573 e. The molecule has 1 aliphatic heterocycles. The minimum Gasteiger partial charge on any atom is -0.406 e. The summed E-state index contributed by atoms with van der Waals surface area (Å²) in [6.45, 7) is 0.361. The van der Waals surface area contributed by atoms with Crippen LogP contribution in [0.4, 0.5) is 24.5 Å². The summed E-state index contributed by atoms with van der Waals surface area (Å²) < 4.78 is 92.3. The highest BCUT2D eigenvalue weighted by atomic mass is 32.2. The molecule has 0 bridgehead atoms. The fourth-order valence-electron chi connectivity index (χ4n) is 2.66. The van der Waals surface area contributed by atoms with E-state index in [0.717, 1.165) is 24.3 Å². The summed E-state index contributed by atoms with van der Waals surface area (Å²) in [5.41, 5.74) is 0.602. The molecule has 2 aromatic carbocycles. The Balaban J connectivity index is 1.74. The van der Waals surface area contributed by atoms with Gasteiger partial charge in [0.25, 0.3) is 10.0 Å². The molecule has 0 unspecified atom stereocenters. The zero-order valence-electron chi connectivity index (χ0n) is 14.2. The molecule has 0 atom stereocenters. The molecule has 12 heteroatoms. The maximum absolute atomic E-state index is 12.4. The fourth-order valence-corrected chi connectivity index (χ4v) is 5.28. The van der Waals surface area contributed by atoms with Gasteiger partial charge < -0.3 is 4.74 Å². The van der Waals surface area contributed by atoms with Crippen LogP contribution in [0, 0.1) is 0 Å². The number of halogens is 3. The Morgan fingerprint density at radius 1 is 1.00 bits per heavy atom. The Labute approximate surface area is 159 Å². The number of alkyl halides is 3. The van der Waals surface area contributed by atoms with E-state index in [2.05, 4.69) is 9.46 Å². The standard InChI is InChI=1S/C16H15F3N2O5S2/c17-16(18,19)26-14-6-8-15(9-7-14)28(24,25)20-12-2-4-13(5-3-12)21-10-1-11-27(21,22)23/h2-9,20H,1,10-11H2. The van der Waals surface area contributed by atoms with Crippen molar-refractivity contribution in [2.24, 2.45) is 0 Å². The zero-order valence-corrected chi connectivity index (χ0v) is 15.8. The monoisotopic (exact) mass is 436 g/mol. The van der Waals surface area contributed by atoms with Gasteiger partial charge in [-0.3, -0.25) is 9.03 Å². The van der Waals surface area contributed by atoms with Crippen molar-refractivity contribution >= 4 is 31.4 Å². The van der Waals surface area contributed by atoms with Crippen molar-refractivity contribution in [1.29, 1.82) is 0 Å². The van der Waals surface area contributed by atoms with Gasteiger partial charge in [0.1, 0.15) is 5.75 Å². The smallest absolute Gasteiger partial charge is 0.406 e. The summed E-state index contributed by atoms with van der Waals surface area (Å²) in [4.78, 5) is -0.256. The molecule has 1 heterocycles. The minimum absolute atomic E-state index is 0.0649. The number of hydrogen-bond acceptors (Lipinski definition) is 5. The van der Waals surface area contributed by atoms with Crippen LogP contribution in [0.15, 0.2) is 53.4 Å². The molecular weight excluding hydrogens is 421 g/mol. The Kier molecular flexibility index (Phi) is 5.19. The minimum atomic E-state index is -4.87. The molecule has 0 radical (unpaired) electrons. The molecular formula is C16H15F3N2O5S2. The van der Waals surface area contributed by atoms with Crippen LogP contribution in [0.3, 0.4) is 0 Å². The van der Waals surface area contributed by atoms with E-state index in [1.807, 2.05) is 0 Å². The first-order valence-corrected chi connectivity index (χ1v) is 11.0. The van der Waals surface area contributed by atoms with Gasteiger partial charge in [-0.15, -0.1) is 13.2 Å². The zero-order chi connectivity index (χ0) is 20.6. The lowest BCUT2D eigenvalue weighted by Crippen LogP contribution is -2.25. The van der Waals surface area contributed by atoms with E-state index in [0.29, 0.717) is 18.7 Å². The van der Waals surface area contributed by atoms with Gasteiger partial charge >= 0.3 is 6.36 Å². The molecule has 0 spiro atoms. The first-order chi connectivity index (χ1) is 13.0. The summed E-state index contributed by atoms with van der Waals surface area (Å²) >= 11 is 0. The third-order valence-electron chi connectivity index (χ3n) is 3.87. The Bertz CT molecular complexity index is 1050. The quantitative estimate of drug-likeness (QED) is 0.778. The van der Waals surface area contributed by atoms with E-state index >= 15 is 0 Å². The Hall–Kier alpha value is -2.47. The second-order valence-electron chi connectivity index (χ2n) is 5.91. The molecule has 0 aromatic heterocycles. The van der Waals surface area contributed by atoms with E-state index in [4.69, 9.17) is 0 Å². The predicted molar refractivity (Wildman–Crippen MR) is 96.1 cm³/mol. The third kappa shape index (κ3) is 4.68. The van der Waals surface area contributed by atoms with Crippen LogP contribution in [0.5, 0.6) is 5.75 Å². The number of nitrogens with zero attached hydrogens (tertiary/aromatic N) is 1. The number of ether oxygens (including phenoxy) is 1. The maximum atomic E-state index is 12.4. The summed E-state index contributed by atoms with van der Waals surface area (Å²) in [6, 6.07) is 9.50. The molecule has 7 nitrogen and oxygen atoms in total. The highest BCUT2D eigenvalue weighted by Gasteiger charge is 2.31. The van der Waals surface area contributed by atoms with Gasteiger partial charge in [0.2, 0.25) is 10.0 Å². The number of nitrogens with one attached hydrogen (secondary N) is 1. The van der Waals surface area contributed by atoms with Gasteiger partial charge in [-0.05, 0) is 55.0 Å². The molecule has 152 valence electrons. The summed E-state index contributed by atoms with van der Waals surface area (Å²) in [5.74, 6) is -0.474. The fraction of sp³-hybridized carbons (Fsp3) is 0.250. The van der Waals surface area contributed by atoms with Gasteiger partial charge in [-0.25, -0.2) is 16.8 Å². The molecule has 2 aromatic rings. The second-order valence-corrected chi connectivity index (χ2v) is 9.61. The number of rotatable bonds is 5. The van der Waals surface area contributed by atoms with Gasteiger partial charge in [0, 0.05) is 12.2 Å². The summed E-state index contributed by atoms with van der Waals surface area (Å²) in [6.07, 6.45) is -4.35. The van der Waals surface area contributed by atoms with E-state index in [9.17, 15) is 30.0 Å². The molecule has 1 fully saturated rings. The van der Waals surface area contributed by atoms with Gasteiger partial charge in [-0.2, -0.15) is 0 Å². The molecule has 1 saturated heterocycles. The van der Waals surface area contributed by atoms with Crippen molar-refractivity contribution in [3.8, 4) is 5.75 Å². The lowest BCUT2D eigenvalue weighted by molar-refractivity contribution is -0.274. The number of benzene rings is 2. The van der Waals surface area contributed by atoms with Crippen molar-refractivity contribution < 1.29 is 34.7 Å². The van der Waals surface area contributed by atoms with Crippen LogP contribution in [0.25, 0.3) is 0 Å². The van der Waals surface area contributed by atoms with Crippen LogP contribution < -0.4 is 13.8 Å². The molecule has 0 amide bonds. The average Bonchev–Trinajstić information content (AvgIpc) is 2.93. The van der Waals surface area contributed by atoms with Gasteiger partial charge in [0.05, 0.1) is 16.3 Å². The van der Waals surface area contributed by atoms with Gasteiger partial charge in [-0.1, -0.05) is 0 Å². The molecule has 3 rings (SSSR count). The van der Waals surface area contributed by atoms with E-state index in [-0.39, 0.29) is 16.3 Å². The van der Waals surface area contributed by atoms with Gasteiger partial charge in [0.15, 0.2) is 0 Å². The first kappa shape index (κ1) is 20.3. The first-order valence-electron chi connectivity index (χ1n) is 7.95. The van der Waals surface area contributed by atoms with E-state index in [1.165, 1.54) is 28.6 Å². The molecule has 1 N–H and O–H groups in total. The highest BCUT2D eigenvalue weighted by molar-refractivity contribution is 7.93. The van der Waals surface area contributed by atoms with Crippen molar-refractivity contribution in [1.82, 2.24) is 0 Å². The van der Waals surface area contributed by atoms with Crippen LogP contribution in [0.2, 0.25) is 0 Å². The molecule has 1 aliphatic rings. The van der Waals surface area contributed by atoms with Crippen LogP contribution in [-0.4, -0.2) is 35.5 Å². The van der Waals surface area contributed by atoms with Crippen molar-refractivity contribution in [2.75, 3.05) is 21.3 Å². The van der Waals surface area contributed by atoms with Crippen molar-refractivity contribution in [2.45, 2.75) is 17.7 Å². The van der Waals surface area contributed by atoms with Crippen LogP contribution in [-0.2, 0) is 20.0 Å². The van der Waals surface area contributed by atoms with Crippen LogP contribution >= 0.6 is 0 Å². The number of sulfonamides is 2. The second kappa shape index (κ2) is 7.17. The Morgan fingerprint density at radius 3 is 2.11 bits per heavy atom.